The third-order valence-electron chi connectivity index (χ3n) is 5.36. The van der Waals surface area contributed by atoms with Gasteiger partial charge in [0.2, 0.25) is 5.76 Å². The van der Waals surface area contributed by atoms with Crippen molar-refractivity contribution in [2.24, 2.45) is 0 Å². The van der Waals surface area contributed by atoms with Crippen molar-refractivity contribution in [1.82, 2.24) is 10.2 Å². The lowest BCUT2D eigenvalue weighted by atomic mass is 10.1. The van der Waals surface area contributed by atoms with Crippen LogP contribution in [0.25, 0.3) is 6.08 Å². The number of para-hydroxylation sites is 1. The molecular weight excluding hydrogens is 466 g/mol. The number of carbonyl (C=O) groups is 3. The molecule has 2 heterocycles. The minimum Gasteiger partial charge on any atom is -0.493 e. The summed E-state index contributed by atoms with van der Waals surface area (Å²) in [7, 11) is 2.70. The molecule has 1 saturated heterocycles. The lowest BCUT2D eigenvalue weighted by Crippen LogP contribution is -2.30. The Kier molecular flexibility index (Phi) is 7.02. The molecule has 3 aromatic rings. The monoisotopic (exact) mass is 487 g/mol. The van der Waals surface area contributed by atoms with Crippen LogP contribution in [-0.2, 0) is 22.7 Å². The van der Waals surface area contributed by atoms with Crippen molar-refractivity contribution in [3.63, 3.8) is 0 Å². The first-order valence-electron chi connectivity index (χ1n) is 10.7. The van der Waals surface area contributed by atoms with Crippen LogP contribution in [0.3, 0.4) is 0 Å². The Morgan fingerprint density at radius 2 is 1.92 bits per heavy atom. The maximum atomic E-state index is 13.0. The standard InChI is InChI=1S/C26H21N3O7/c1-33-21-9-5-8-16(23(21)35-15-18-7-4-3-6-17(18)13-27)12-20-24(30)29(26(32)28-20)14-19-10-11-22(36-19)25(31)34-2/h3-12H,14-15H2,1-2H3,(H,28,32)/b20-12-. The van der Waals surface area contributed by atoms with E-state index >= 15 is 0 Å². The first kappa shape index (κ1) is 24.1. The predicted molar refractivity (Wildman–Crippen MR) is 126 cm³/mol. The van der Waals surface area contributed by atoms with E-state index in [1.807, 2.05) is 0 Å². The summed E-state index contributed by atoms with van der Waals surface area (Å²) in [5, 5.41) is 11.9. The van der Waals surface area contributed by atoms with Gasteiger partial charge in [-0.15, -0.1) is 0 Å². The van der Waals surface area contributed by atoms with E-state index in [1.165, 1.54) is 32.4 Å². The number of carbonyl (C=O) groups excluding carboxylic acids is 3. The van der Waals surface area contributed by atoms with Crippen molar-refractivity contribution in [3.8, 4) is 17.6 Å². The van der Waals surface area contributed by atoms with E-state index in [-0.39, 0.29) is 30.4 Å². The molecule has 182 valence electrons. The normalized spacial score (nSPS) is 13.9. The summed E-state index contributed by atoms with van der Waals surface area (Å²) in [6.45, 7) is -0.0842. The molecule has 1 aliphatic heterocycles. The minimum atomic E-state index is -0.665. The zero-order valence-corrected chi connectivity index (χ0v) is 19.4. The molecule has 10 heteroatoms. The van der Waals surface area contributed by atoms with Crippen molar-refractivity contribution >= 4 is 24.0 Å². The maximum absolute atomic E-state index is 13.0. The molecule has 36 heavy (non-hydrogen) atoms. The van der Waals surface area contributed by atoms with Crippen LogP contribution in [-0.4, -0.2) is 37.0 Å². The van der Waals surface area contributed by atoms with E-state index in [9.17, 15) is 19.6 Å². The maximum Gasteiger partial charge on any atom is 0.373 e. The molecule has 1 aromatic heterocycles. The van der Waals surface area contributed by atoms with Gasteiger partial charge in [-0.1, -0.05) is 30.3 Å². The molecule has 0 radical (unpaired) electrons. The summed E-state index contributed by atoms with van der Waals surface area (Å²) in [5.74, 6) is -0.289. The van der Waals surface area contributed by atoms with E-state index in [1.54, 1.807) is 42.5 Å². The van der Waals surface area contributed by atoms with Gasteiger partial charge in [-0.2, -0.15) is 5.26 Å². The highest BCUT2D eigenvalue weighted by Crippen LogP contribution is 2.34. The number of hydrogen-bond donors (Lipinski definition) is 1. The van der Waals surface area contributed by atoms with E-state index in [4.69, 9.17) is 13.9 Å². The average molecular weight is 487 g/mol. The quantitative estimate of drug-likeness (QED) is 0.290. The van der Waals surface area contributed by atoms with Gasteiger partial charge in [-0.05, 0) is 30.3 Å². The van der Waals surface area contributed by atoms with Crippen molar-refractivity contribution in [2.45, 2.75) is 13.2 Å². The molecule has 3 amide bonds. The molecule has 0 atom stereocenters. The fraction of sp³-hybridized carbons (Fsp3) is 0.154. The summed E-state index contributed by atoms with van der Waals surface area (Å²) < 4.78 is 21.4. The number of nitriles is 1. The molecule has 0 bridgehead atoms. The van der Waals surface area contributed by atoms with Gasteiger partial charge in [0.05, 0.1) is 32.4 Å². The third-order valence-corrected chi connectivity index (χ3v) is 5.36. The average Bonchev–Trinajstić information content (AvgIpc) is 3.47. The summed E-state index contributed by atoms with van der Waals surface area (Å²) in [4.78, 5) is 38.0. The predicted octanol–water partition coefficient (Wildman–Crippen LogP) is 3.62. The number of urea groups is 1. The second kappa shape index (κ2) is 10.5. The largest absolute Gasteiger partial charge is 0.493 e. The van der Waals surface area contributed by atoms with Gasteiger partial charge in [0, 0.05) is 11.1 Å². The molecule has 4 rings (SSSR count). The smallest absolute Gasteiger partial charge is 0.373 e. The number of nitrogens with zero attached hydrogens (tertiary/aromatic N) is 2. The van der Waals surface area contributed by atoms with Crippen LogP contribution in [0.15, 0.2) is 64.7 Å². The number of hydrogen-bond acceptors (Lipinski definition) is 8. The van der Waals surface area contributed by atoms with Crippen LogP contribution < -0.4 is 14.8 Å². The number of methoxy groups -OCH3 is 2. The van der Waals surface area contributed by atoms with Gasteiger partial charge < -0.3 is 23.9 Å². The van der Waals surface area contributed by atoms with E-state index in [2.05, 4.69) is 16.1 Å². The van der Waals surface area contributed by atoms with Crippen molar-refractivity contribution in [2.75, 3.05) is 14.2 Å². The van der Waals surface area contributed by atoms with Crippen LogP contribution in [0.1, 0.15) is 33.0 Å². The Labute approximate surface area is 206 Å². The van der Waals surface area contributed by atoms with Crippen LogP contribution in [0.2, 0.25) is 0 Å². The fourth-order valence-corrected chi connectivity index (χ4v) is 3.57. The Morgan fingerprint density at radius 1 is 1.11 bits per heavy atom. The van der Waals surface area contributed by atoms with Crippen molar-refractivity contribution in [3.05, 3.63) is 88.5 Å². The molecule has 10 nitrogen and oxygen atoms in total. The number of nitrogens with one attached hydrogen (secondary N) is 1. The number of benzene rings is 2. The first-order chi connectivity index (χ1) is 17.4. The number of rotatable bonds is 8. The van der Waals surface area contributed by atoms with Crippen LogP contribution >= 0.6 is 0 Å². The zero-order valence-electron chi connectivity index (χ0n) is 19.4. The number of esters is 1. The summed E-state index contributed by atoms with van der Waals surface area (Å²) in [6.07, 6.45) is 1.48. The minimum absolute atomic E-state index is 0.0234. The fourth-order valence-electron chi connectivity index (χ4n) is 3.57. The highest BCUT2D eigenvalue weighted by atomic mass is 16.5. The Hall–Kier alpha value is -5.04. The Morgan fingerprint density at radius 3 is 2.67 bits per heavy atom. The molecule has 2 aromatic carbocycles. The molecule has 0 unspecified atom stereocenters. The van der Waals surface area contributed by atoms with Crippen LogP contribution in [0.5, 0.6) is 11.5 Å². The lowest BCUT2D eigenvalue weighted by molar-refractivity contribution is -0.123. The van der Waals surface area contributed by atoms with Gasteiger partial charge in [0.15, 0.2) is 11.5 Å². The van der Waals surface area contributed by atoms with E-state index < -0.39 is 17.9 Å². The van der Waals surface area contributed by atoms with Gasteiger partial charge in [-0.3, -0.25) is 9.69 Å². The number of furan rings is 1. The number of amides is 3. The van der Waals surface area contributed by atoms with Gasteiger partial charge in [0.25, 0.3) is 5.91 Å². The Balaban J connectivity index is 1.57. The molecule has 1 aliphatic rings. The summed E-state index contributed by atoms with van der Waals surface area (Å²) in [6, 6.07) is 16.5. The van der Waals surface area contributed by atoms with Crippen LogP contribution in [0, 0.1) is 11.3 Å². The molecule has 1 fully saturated rings. The molecule has 0 spiro atoms. The number of imide groups is 1. The molecule has 0 saturated carbocycles. The second-order valence-corrected chi connectivity index (χ2v) is 7.57. The van der Waals surface area contributed by atoms with Crippen molar-refractivity contribution in [1.29, 1.82) is 5.26 Å². The van der Waals surface area contributed by atoms with E-state index in [0.29, 0.717) is 28.2 Å². The van der Waals surface area contributed by atoms with Crippen LogP contribution in [0.4, 0.5) is 4.79 Å². The van der Waals surface area contributed by atoms with Gasteiger partial charge in [-0.25, -0.2) is 9.59 Å². The highest BCUT2D eigenvalue weighted by molar-refractivity contribution is 6.14. The Bertz CT molecular complexity index is 1400. The lowest BCUT2D eigenvalue weighted by Gasteiger charge is -2.14. The highest BCUT2D eigenvalue weighted by Gasteiger charge is 2.34. The van der Waals surface area contributed by atoms with Gasteiger partial charge in [0.1, 0.15) is 18.1 Å². The molecule has 0 aliphatic carbocycles. The first-order valence-corrected chi connectivity index (χ1v) is 10.7. The third kappa shape index (κ3) is 4.90. The second-order valence-electron chi connectivity index (χ2n) is 7.57. The number of ether oxygens (including phenoxy) is 3. The van der Waals surface area contributed by atoms with Gasteiger partial charge >= 0.3 is 12.0 Å². The summed E-state index contributed by atoms with van der Waals surface area (Å²) >= 11 is 0. The van der Waals surface area contributed by atoms with Crippen molar-refractivity contribution < 1.29 is 33.0 Å². The summed E-state index contributed by atoms with van der Waals surface area (Å²) in [5.41, 5.74) is 1.68. The molecular formula is C26H21N3O7. The van der Waals surface area contributed by atoms with E-state index in [0.717, 1.165) is 4.90 Å². The zero-order chi connectivity index (χ0) is 25.7. The molecule has 1 N–H and O–H groups in total. The SMILES string of the molecule is COC(=O)c1ccc(CN2C(=O)N/C(=C\c3cccc(OC)c3OCc3ccccc3C#N)C2=O)o1. The topological polar surface area (TPSA) is 131 Å².